The van der Waals surface area contributed by atoms with Gasteiger partial charge in [-0.15, -0.1) is 0 Å². The fourth-order valence-electron chi connectivity index (χ4n) is 1.51. The molecule has 3 heteroatoms. The summed E-state index contributed by atoms with van der Waals surface area (Å²) in [6.07, 6.45) is 3.43. The van der Waals surface area contributed by atoms with Crippen molar-refractivity contribution in [1.82, 2.24) is 0 Å². The highest BCUT2D eigenvalue weighted by atomic mass is 127. The van der Waals surface area contributed by atoms with Crippen LogP contribution >= 0.6 is 22.6 Å². The molecule has 0 aromatic rings. The number of rotatable bonds is 0. The van der Waals surface area contributed by atoms with Crippen LogP contribution in [-0.2, 0) is 9.53 Å². The van der Waals surface area contributed by atoms with Crippen LogP contribution in [0.1, 0.15) is 19.3 Å². The second-order valence-electron chi connectivity index (χ2n) is 2.63. The lowest BCUT2D eigenvalue weighted by Crippen LogP contribution is -2.05. The summed E-state index contributed by atoms with van der Waals surface area (Å²) in [5.74, 6) is -0.111. The molecular weight excluding hydrogens is 243 g/mol. The first kappa shape index (κ1) is 6.64. The van der Waals surface area contributed by atoms with Gasteiger partial charge in [-0.3, -0.25) is 0 Å². The monoisotopic (exact) mass is 250 g/mol. The van der Waals surface area contributed by atoms with Gasteiger partial charge in [-0.25, -0.2) is 4.79 Å². The van der Waals surface area contributed by atoms with Gasteiger partial charge in [-0.2, -0.15) is 0 Å². The highest BCUT2D eigenvalue weighted by Crippen LogP contribution is 2.38. The van der Waals surface area contributed by atoms with Gasteiger partial charge in [0.05, 0.1) is 0 Å². The largest absolute Gasteiger partial charge is 0.454 e. The fraction of sp³-hybridized carbons (Fsp3) is 0.571. The number of halogens is 1. The molecule has 0 spiro atoms. The quantitative estimate of drug-likeness (QED) is 0.484. The van der Waals surface area contributed by atoms with Crippen molar-refractivity contribution in [2.45, 2.75) is 25.4 Å². The smallest absolute Gasteiger partial charge is 0.345 e. The minimum atomic E-state index is -0.111. The summed E-state index contributed by atoms with van der Waals surface area (Å²) in [6, 6.07) is 0. The maximum atomic E-state index is 10.9. The SMILES string of the molecule is O=C1OC2CCCC2=C1I. The first-order valence-corrected chi connectivity index (χ1v) is 4.46. The van der Waals surface area contributed by atoms with Crippen molar-refractivity contribution in [3.05, 3.63) is 9.15 Å². The van der Waals surface area contributed by atoms with Crippen molar-refractivity contribution < 1.29 is 9.53 Å². The third-order valence-corrected chi connectivity index (χ3v) is 3.14. The van der Waals surface area contributed by atoms with Gasteiger partial charge in [0.2, 0.25) is 0 Å². The van der Waals surface area contributed by atoms with E-state index in [0.717, 1.165) is 16.4 Å². The van der Waals surface area contributed by atoms with Gasteiger partial charge < -0.3 is 4.74 Å². The Morgan fingerprint density at radius 2 is 2.40 bits per heavy atom. The van der Waals surface area contributed by atoms with Gasteiger partial charge >= 0.3 is 5.97 Å². The van der Waals surface area contributed by atoms with E-state index in [-0.39, 0.29) is 12.1 Å². The highest BCUT2D eigenvalue weighted by molar-refractivity contribution is 14.1. The van der Waals surface area contributed by atoms with Crippen LogP contribution in [0.15, 0.2) is 9.15 Å². The topological polar surface area (TPSA) is 26.3 Å². The van der Waals surface area contributed by atoms with Crippen molar-refractivity contribution >= 4 is 28.6 Å². The Bertz CT molecular complexity index is 220. The molecule has 54 valence electrons. The van der Waals surface area contributed by atoms with E-state index in [2.05, 4.69) is 22.6 Å². The van der Waals surface area contributed by atoms with Gasteiger partial charge in [0.1, 0.15) is 9.68 Å². The van der Waals surface area contributed by atoms with E-state index >= 15 is 0 Å². The lowest BCUT2D eigenvalue weighted by Gasteiger charge is -2.01. The Morgan fingerprint density at radius 1 is 1.60 bits per heavy atom. The second-order valence-corrected chi connectivity index (χ2v) is 3.70. The van der Waals surface area contributed by atoms with Gasteiger partial charge in [0, 0.05) is 0 Å². The van der Waals surface area contributed by atoms with Crippen LogP contribution in [0.2, 0.25) is 0 Å². The van der Waals surface area contributed by atoms with Gasteiger partial charge in [0.25, 0.3) is 0 Å². The fourth-order valence-corrected chi connectivity index (χ4v) is 2.25. The average molecular weight is 250 g/mol. The van der Waals surface area contributed by atoms with Crippen molar-refractivity contribution in [2.24, 2.45) is 0 Å². The van der Waals surface area contributed by atoms with Gasteiger partial charge in [0.15, 0.2) is 0 Å². The zero-order chi connectivity index (χ0) is 7.14. The molecule has 1 saturated carbocycles. The first-order valence-electron chi connectivity index (χ1n) is 3.38. The summed E-state index contributed by atoms with van der Waals surface area (Å²) in [4.78, 5) is 10.9. The molecule has 2 nitrogen and oxygen atoms in total. The Balaban J connectivity index is 2.37. The van der Waals surface area contributed by atoms with Gasteiger partial charge in [-0.05, 0) is 47.4 Å². The summed E-state index contributed by atoms with van der Waals surface area (Å²) in [5, 5.41) is 0. The number of hydrogen-bond donors (Lipinski definition) is 0. The van der Waals surface area contributed by atoms with E-state index in [9.17, 15) is 4.79 Å². The first-order chi connectivity index (χ1) is 4.79. The van der Waals surface area contributed by atoms with Crippen LogP contribution < -0.4 is 0 Å². The lowest BCUT2D eigenvalue weighted by atomic mass is 10.2. The van der Waals surface area contributed by atoms with Crippen LogP contribution in [0, 0.1) is 0 Å². The van der Waals surface area contributed by atoms with Crippen LogP contribution in [0.25, 0.3) is 0 Å². The zero-order valence-electron chi connectivity index (χ0n) is 5.39. The predicted octanol–water partition coefficient (Wildman–Crippen LogP) is 1.78. The standard InChI is InChI=1S/C7H7IO2/c8-6-4-2-1-3-5(4)10-7(6)9/h5H,1-3H2. The summed E-state index contributed by atoms with van der Waals surface area (Å²) in [7, 11) is 0. The molecule has 2 aliphatic rings. The number of carbonyl (C=O) groups excluding carboxylic acids is 1. The van der Waals surface area contributed by atoms with Crippen molar-refractivity contribution in [3.8, 4) is 0 Å². The van der Waals surface area contributed by atoms with Crippen LogP contribution in [0.5, 0.6) is 0 Å². The van der Waals surface area contributed by atoms with Crippen LogP contribution in [0.4, 0.5) is 0 Å². The molecule has 1 atom stereocenters. The summed E-state index contributed by atoms with van der Waals surface area (Å²) < 4.78 is 5.91. The third kappa shape index (κ3) is 0.794. The molecule has 1 aliphatic heterocycles. The Morgan fingerprint density at radius 3 is 3.10 bits per heavy atom. The van der Waals surface area contributed by atoms with E-state index < -0.39 is 0 Å². The van der Waals surface area contributed by atoms with Crippen LogP contribution in [-0.4, -0.2) is 12.1 Å². The Labute approximate surface area is 72.8 Å². The third-order valence-electron chi connectivity index (χ3n) is 2.01. The molecule has 0 N–H and O–H groups in total. The van der Waals surface area contributed by atoms with Crippen molar-refractivity contribution in [3.63, 3.8) is 0 Å². The molecule has 1 aliphatic carbocycles. The molecule has 0 aromatic heterocycles. The average Bonchev–Trinajstić information content (AvgIpc) is 2.41. The maximum Gasteiger partial charge on any atom is 0.345 e. The lowest BCUT2D eigenvalue weighted by molar-refractivity contribution is -0.138. The Hall–Kier alpha value is -0.0600. The van der Waals surface area contributed by atoms with Crippen LogP contribution in [0.3, 0.4) is 0 Å². The second kappa shape index (κ2) is 2.22. The van der Waals surface area contributed by atoms with E-state index in [1.807, 2.05) is 0 Å². The molecule has 1 heterocycles. The maximum absolute atomic E-state index is 10.9. The molecule has 10 heavy (non-hydrogen) atoms. The Kier molecular flexibility index (Phi) is 1.47. The zero-order valence-corrected chi connectivity index (χ0v) is 7.55. The van der Waals surface area contributed by atoms with E-state index in [1.54, 1.807) is 0 Å². The summed E-state index contributed by atoms with van der Waals surface area (Å²) >= 11 is 2.08. The molecule has 0 saturated heterocycles. The molecule has 0 aromatic carbocycles. The summed E-state index contributed by atoms with van der Waals surface area (Å²) in [5.41, 5.74) is 1.24. The molecular formula is C7H7IO2. The van der Waals surface area contributed by atoms with E-state index in [4.69, 9.17) is 4.74 Å². The summed E-state index contributed by atoms with van der Waals surface area (Å²) in [6.45, 7) is 0. The minimum Gasteiger partial charge on any atom is -0.454 e. The predicted molar refractivity (Wildman–Crippen MR) is 44.8 cm³/mol. The molecule has 0 bridgehead atoms. The van der Waals surface area contributed by atoms with Crippen molar-refractivity contribution in [2.75, 3.05) is 0 Å². The number of fused-ring (bicyclic) bond motifs is 1. The molecule has 2 rings (SSSR count). The number of carbonyl (C=O) groups is 1. The number of esters is 1. The van der Waals surface area contributed by atoms with Crippen molar-refractivity contribution in [1.29, 1.82) is 0 Å². The highest BCUT2D eigenvalue weighted by Gasteiger charge is 2.35. The molecule has 1 unspecified atom stereocenters. The van der Waals surface area contributed by atoms with Gasteiger partial charge in [-0.1, -0.05) is 0 Å². The molecule has 0 radical (unpaired) electrons. The van der Waals surface area contributed by atoms with E-state index in [1.165, 1.54) is 12.0 Å². The molecule has 1 fully saturated rings. The van der Waals surface area contributed by atoms with E-state index in [0.29, 0.717) is 0 Å². The normalized spacial score (nSPS) is 30.9. The number of hydrogen-bond acceptors (Lipinski definition) is 2. The number of ether oxygens (including phenoxy) is 1. The molecule has 0 amide bonds. The minimum absolute atomic E-state index is 0.111.